The first-order valence-corrected chi connectivity index (χ1v) is 6.50. The monoisotopic (exact) mass is 286 g/mol. The fraction of sp³-hybridized carbons (Fsp3) is 0.692. The van der Waals surface area contributed by atoms with Crippen molar-refractivity contribution in [1.29, 1.82) is 0 Å². The van der Waals surface area contributed by atoms with Gasteiger partial charge in [0.1, 0.15) is 0 Å². The van der Waals surface area contributed by atoms with Gasteiger partial charge in [-0.3, -0.25) is 19.2 Å². The first-order chi connectivity index (χ1) is 9.22. The van der Waals surface area contributed by atoms with E-state index in [1.807, 2.05) is 13.8 Å². The number of carbonyl (C=O) groups is 4. The number of carboxylic acids is 1. The second-order valence-electron chi connectivity index (χ2n) is 5.04. The number of nitrogens with one attached hydrogen (secondary N) is 2. The maximum absolute atomic E-state index is 11.6. The maximum Gasteiger partial charge on any atom is 0.303 e. The van der Waals surface area contributed by atoms with E-state index in [2.05, 4.69) is 10.6 Å². The Morgan fingerprint density at radius 1 is 1.10 bits per heavy atom. The van der Waals surface area contributed by atoms with Crippen molar-refractivity contribution in [3.63, 3.8) is 0 Å². The standard InChI is InChI=1S/C13H22N2O5/c1-8(2)6-11(17)14-7-12(18)15-10(9(3)16)4-5-13(19)20/h8,10H,4-7H2,1-3H3,(H,14,17)(H,15,18)(H,19,20)/t10-/m0/s1. The predicted molar refractivity (Wildman–Crippen MR) is 71.9 cm³/mol. The minimum absolute atomic E-state index is 0.0380. The zero-order valence-electron chi connectivity index (χ0n) is 12.1. The fourth-order valence-electron chi connectivity index (χ4n) is 1.51. The summed E-state index contributed by atoms with van der Waals surface area (Å²) in [4.78, 5) is 44.7. The van der Waals surface area contributed by atoms with Crippen LogP contribution in [0.3, 0.4) is 0 Å². The summed E-state index contributed by atoms with van der Waals surface area (Å²) in [5.41, 5.74) is 0. The molecule has 3 N–H and O–H groups in total. The lowest BCUT2D eigenvalue weighted by Crippen LogP contribution is -2.45. The van der Waals surface area contributed by atoms with Gasteiger partial charge in [0.05, 0.1) is 12.6 Å². The van der Waals surface area contributed by atoms with Crippen molar-refractivity contribution in [2.24, 2.45) is 5.92 Å². The Kier molecular flexibility index (Phi) is 8.19. The third-order valence-corrected chi connectivity index (χ3v) is 2.51. The zero-order chi connectivity index (χ0) is 15.7. The van der Waals surface area contributed by atoms with Crippen molar-refractivity contribution in [1.82, 2.24) is 10.6 Å². The smallest absolute Gasteiger partial charge is 0.303 e. The van der Waals surface area contributed by atoms with Gasteiger partial charge in [0.2, 0.25) is 11.8 Å². The first kappa shape index (κ1) is 18.1. The van der Waals surface area contributed by atoms with Crippen LogP contribution in [0.15, 0.2) is 0 Å². The Balaban J connectivity index is 4.16. The molecule has 0 spiro atoms. The Morgan fingerprint density at radius 3 is 2.15 bits per heavy atom. The molecule has 0 aliphatic rings. The van der Waals surface area contributed by atoms with Crippen molar-refractivity contribution >= 4 is 23.6 Å². The maximum atomic E-state index is 11.6. The molecule has 2 amide bonds. The molecule has 1 atom stereocenters. The summed E-state index contributed by atoms with van der Waals surface area (Å²) in [6, 6.07) is -0.833. The highest BCUT2D eigenvalue weighted by Crippen LogP contribution is 2.00. The van der Waals surface area contributed by atoms with Crippen LogP contribution in [0.5, 0.6) is 0 Å². The van der Waals surface area contributed by atoms with E-state index in [4.69, 9.17) is 5.11 Å². The van der Waals surface area contributed by atoms with Gasteiger partial charge in [0.15, 0.2) is 5.78 Å². The number of aliphatic carboxylic acids is 1. The quantitative estimate of drug-likeness (QED) is 0.556. The minimum Gasteiger partial charge on any atom is -0.481 e. The van der Waals surface area contributed by atoms with E-state index >= 15 is 0 Å². The summed E-state index contributed by atoms with van der Waals surface area (Å²) in [5, 5.41) is 13.4. The highest BCUT2D eigenvalue weighted by atomic mass is 16.4. The lowest BCUT2D eigenvalue weighted by atomic mass is 10.1. The summed E-state index contributed by atoms with van der Waals surface area (Å²) >= 11 is 0. The van der Waals surface area contributed by atoms with Gasteiger partial charge in [-0.2, -0.15) is 0 Å². The topological polar surface area (TPSA) is 113 Å². The van der Waals surface area contributed by atoms with Crippen molar-refractivity contribution in [3.05, 3.63) is 0 Å². The van der Waals surface area contributed by atoms with Gasteiger partial charge in [0, 0.05) is 12.8 Å². The highest BCUT2D eigenvalue weighted by molar-refractivity contribution is 5.90. The second kappa shape index (κ2) is 9.06. The first-order valence-electron chi connectivity index (χ1n) is 6.50. The number of hydrogen-bond acceptors (Lipinski definition) is 4. The summed E-state index contributed by atoms with van der Waals surface area (Å²) in [6.45, 7) is 4.83. The van der Waals surface area contributed by atoms with Crippen molar-refractivity contribution in [2.75, 3.05) is 6.54 Å². The largest absolute Gasteiger partial charge is 0.481 e. The molecule has 7 nitrogen and oxygen atoms in total. The van der Waals surface area contributed by atoms with Gasteiger partial charge < -0.3 is 15.7 Å². The second-order valence-corrected chi connectivity index (χ2v) is 5.04. The third-order valence-electron chi connectivity index (χ3n) is 2.51. The predicted octanol–water partition coefficient (Wildman–Crippen LogP) is 0.0873. The average molecular weight is 286 g/mol. The van der Waals surface area contributed by atoms with Crippen LogP contribution >= 0.6 is 0 Å². The molecule has 0 heterocycles. The van der Waals surface area contributed by atoms with Crippen LogP contribution in [-0.2, 0) is 19.2 Å². The van der Waals surface area contributed by atoms with E-state index in [0.29, 0.717) is 6.42 Å². The van der Waals surface area contributed by atoms with E-state index in [1.165, 1.54) is 6.92 Å². The molecule has 114 valence electrons. The molecule has 0 aliphatic heterocycles. The van der Waals surface area contributed by atoms with E-state index in [-0.39, 0.29) is 37.0 Å². The molecule has 0 saturated carbocycles. The lowest BCUT2D eigenvalue weighted by molar-refractivity contribution is -0.137. The number of rotatable bonds is 9. The molecule has 0 bridgehead atoms. The molecule has 0 aromatic rings. The van der Waals surface area contributed by atoms with Crippen LogP contribution in [0.4, 0.5) is 0 Å². The highest BCUT2D eigenvalue weighted by Gasteiger charge is 2.18. The normalized spacial score (nSPS) is 11.8. The molecule has 0 aromatic carbocycles. The summed E-state index contributed by atoms with van der Waals surface area (Å²) in [7, 11) is 0. The molecule has 0 rings (SSSR count). The van der Waals surface area contributed by atoms with Crippen LogP contribution in [0.1, 0.15) is 40.0 Å². The molecule has 20 heavy (non-hydrogen) atoms. The number of amides is 2. The zero-order valence-corrected chi connectivity index (χ0v) is 12.1. The summed E-state index contributed by atoms with van der Waals surface area (Å²) < 4.78 is 0. The van der Waals surface area contributed by atoms with Gasteiger partial charge in [-0.05, 0) is 19.3 Å². The number of ketones is 1. The number of carbonyl (C=O) groups excluding carboxylic acids is 3. The van der Waals surface area contributed by atoms with Gasteiger partial charge in [0.25, 0.3) is 0 Å². The molecule has 0 saturated heterocycles. The SMILES string of the molecule is CC(=O)[C@H](CCC(=O)O)NC(=O)CNC(=O)CC(C)C. The molecule has 0 fully saturated rings. The molecular weight excluding hydrogens is 264 g/mol. The van der Waals surface area contributed by atoms with Crippen molar-refractivity contribution in [2.45, 2.75) is 46.1 Å². The fourth-order valence-corrected chi connectivity index (χ4v) is 1.51. The Bertz CT molecular complexity index is 379. The van der Waals surface area contributed by atoms with Crippen LogP contribution in [-0.4, -0.2) is 41.3 Å². The molecule has 7 heteroatoms. The lowest BCUT2D eigenvalue weighted by Gasteiger charge is -2.15. The molecular formula is C13H22N2O5. The molecule has 0 unspecified atom stereocenters. The van der Waals surface area contributed by atoms with E-state index in [9.17, 15) is 19.2 Å². The van der Waals surface area contributed by atoms with Gasteiger partial charge >= 0.3 is 5.97 Å². The minimum atomic E-state index is -1.03. The molecule has 0 aliphatic carbocycles. The molecule has 0 radical (unpaired) electrons. The number of Topliss-reactive ketones (excluding diaryl/α,β-unsaturated/α-hetero) is 1. The van der Waals surface area contributed by atoms with Crippen LogP contribution < -0.4 is 10.6 Å². The van der Waals surface area contributed by atoms with Crippen molar-refractivity contribution < 1.29 is 24.3 Å². The summed E-state index contributed by atoms with van der Waals surface area (Å²) in [5.74, 6) is -1.89. The van der Waals surface area contributed by atoms with Crippen LogP contribution in [0, 0.1) is 5.92 Å². The number of hydrogen-bond donors (Lipinski definition) is 3. The van der Waals surface area contributed by atoms with E-state index in [0.717, 1.165) is 0 Å². The van der Waals surface area contributed by atoms with Gasteiger partial charge in [-0.15, -0.1) is 0 Å². The van der Waals surface area contributed by atoms with Crippen LogP contribution in [0.2, 0.25) is 0 Å². The Labute approximate surface area is 118 Å². The van der Waals surface area contributed by atoms with Gasteiger partial charge in [-0.1, -0.05) is 13.8 Å². The molecule has 0 aromatic heterocycles. The Morgan fingerprint density at radius 2 is 1.70 bits per heavy atom. The summed E-state index contributed by atoms with van der Waals surface area (Å²) in [6.07, 6.45) is 0.156. The average Bonchev–Trinajstić information content (AvgIpc) is 2.30. The van der Waals surface area contributed by atoms with Crippen LogP contribution in [0.25, 0.3) is 0 Å². The Hall–Kier alpha value is -1.92. The van der Waals surface area contributed by atoms with E-state index < -0.39 is 17.9 Å². The van der Waals surface area contributed by atoms with Crippen molar-refractivity contribution in [3.8, 4) is 0 Å². The van der Waals surface area contributed by atoms with E-state index in [1.54, 1.807) is 0 Å². The number of carboxylic acid groups (broad SMARTS) is 1. The third kappa shape index (κ3) is 9.07. The van der Waals surface area contributed by atoms with Gasteiger partial charge in [-0.25, -0.2) is 0 Å².